The molecule has 152 valence electrons. The van der Waals surface area contributed by atoms with Crippen molar-refractivity contribution >= 4 is 15.9 Å². The third-order valence-corrected chi connectivity index (χ3v) is 6.88. The Morgan fingerprint density at radius 1 is 1.24 bits per heavy atom. The highest BCUT2D eigenvalue weighted by Crippen LogP contribution is 2.30. The molecule has 1 aliphatic rings. The number of amides is 1. The van der Waals surface area contributed by atoms with Crippen LogP contribution in [-0.2, 0) is 16.6 Å². The lowest BCUT2D eigenvalue weighted by atomic mass is 10.2. The van der Waals surface area contributed by atoms with E-state index in [4.69, 9.17) is 4.52 Å². The molecule has 29 heavy (non-hydrogen) atoms. The molecule has 1 fully saturated rings. The quantitative estimate of drug-likeness (QED) is 0.637. The zero-order chi connectivity index (χ0) is 20.6. The molecule has 0 atom stereocenters. The summed E-state index contributed by atoms with van der Waals surface area (Å²) in [6.45, 7) is 4.03. The Morgan fingerprint density at radius 2 is 1.97 bits per heavy atom. The normalized spacial score (nSPS) is 15.2. The van der Waals surface area contributed by atoms with Crippen LogP contribution in [0.15, 0.2) is 45.9 Å². The van der Waals surface area contributed by atoms with Crippen molar-refractivity contribution < 1.29 is 17.7 Å². The molecule has 4 rings (SSSR count). The minimum absolute atomic E-state index is 0.107. The molecular formula is C18H20N6O4S. The summed E-state index contributed by atoms with van der Waals surface area (Å²) >= 11 is 0. The highest BCUT2D eigenvalue weighted by atomic mass is 32.2. The number of aryl methyl sites for hydroxylation is 2. The maximum atomic E-state index is 12.7. The van der Waals surface area contributed by atoms with Crippen LogP contribution in [0.4, 0.5) is 0 Å². The number of rotatable bonds is 6. The van der Waals surface area contributed by atoms with Gasteiger partial charge in [0, 0.05) is 19.6 Å². The van der Waals surface area contributed by atoms with Crippen molar-refractivity contribution in [3.63, 3.8) is 0 Å². The number of carbonyl (C=O) groups excluding carboxylic acids is 1. The summed E-state index contributed by atoms with van der Waals surface area (Å²) in [6, 6.07) is 9.35. The SMILES string of the molecule is Cc1noc(C)c1S(=O)(=O)N1CC(n2cc(C(=O)NCc3ccccc3)nn2)C1. The first-order valence-corrected chi connectivity index (χ1v) is 10.5. The molecule has 1 aliphatic heterocycles. The lowest BCUT2D eigenvalue weighted by Gasteiger charge is -2.37. The van der Waals surface area contributed by atoms with Gasteiger partial charge < -0.3 is 9.84 Å². The molecule has 0 spiro atoms. The maximum Gasteiger partial charge on any atom is 0.273 e. The molecule has 1 saturated heterocycles. The van der Waals surface area contributed by atoms with E-state index in [-0.39, 0.29) is 41.4 Å². The molecule has 2 aromatic heterocycles. The highest BCUT2D eigenvalue weighted by Gasteiger charge is 2.41. The van der Waals surface area contributed by atoms with Crippen LogP contribution in [-0.4, -0.2) is 51.9 Å². The molecule has 1 N–H and O–H groups in total. The van der Waals surface area contributed by atoms with Gasteiger partial charge in [-0.15, -0.1) is 5.10 Å². The first kappa shape index (κ1) is 19.3. The Balaban J connectivity index is 1.37. The van der Waals surface area contributed by atoms with Crippen LogP contribution >= 0.6 is 0 Å². The molecule has 11 heteroatoms. The Bertz CT molecular complexity index is 1110. The number of hydrogen-bond donors (Lipinski definition) is 1. The van der Waals surface area contributed by atoms with Gasteiger partial charge >= 0.3 is 0 Å². The molecule has 0 saturated carbocycles. The molecule has 10 nitrogen and oxygen atoms in total. The average Bonchev–Trinajstić information content (AvgIpc) is 3.26. The van der Waals surface area contributed by atoms with Crippen molar-refractivity contribution in [3.05, 3.63) is 59.2 Å². The van der Waals surface area contributed by atoms with E-state index >= 15 is 0 Å². The van der Waals surface area contributed by atoms with Gasteiger partial charge in [-0.3, -0.25) is 4.79 Å². The van der Waals surface area contributed by atoms with Crippen LogP contribution in [0, 0.1) is 13.8 Å². The fourth-order valence-corrected chi connectivity index (χ4v) is 4.99. The summed E-state index contributed by atoms with van der Waals surface area (Å²) in [5.74, 6) is -0.0660. The van der Waals surface area contributed by atoms with E-state index in [9.17, 15) is 13.2 Å². The van der Waals surface area contributed by atoms with Gasteiger partial charge in [0.25, 0.3) is 5.91 Å². The van der Waals surface area contributed by atoms with E-state index in [0.29, 0.717) is 12.2 Å². The van der Waals surface area contributed by atoms with E-state index in [1.165, 1.54) is 15.2 Å². The predicted molar refractivity (Wildman–Crippen MR) is 101 cm³/mol. The standard InChI is InChI=1S/C18H20N6O4S/c1-12-17(13(2)28-21-12)29(26,27)23-9-15(10-23)24-11-16(20-22-24)18(25)19-8-14-6-4-3-5-7-14/h3-7,11,15H,8-10H2,1-2H3,(H,19,25). The minimum Gasteiger partial charge on any atom is -0.360 e. The smallest absolute Gasteiger partial charge is 0.273 e. The van der Waals surface area contributed by atoms with Crippen molar-refractivity contribution in [1.29, 1.82) is 0 Å². The maximum absolute atomic E-state index is 12.7. The second-order valence-corrected chi connectivity index (χ2v) is 8.76. The minimum atomic E-state index is -3.67. The number of carbonyl (C=O) groups is 1. The van der Waals surface area contributed by atoms with Gasteiger partial charge in [0.1, 0.15) is 10.6 Å². The summed E-state index contributed by atoms with van der Waals surface area (Å²) in [5, 5.41) is 14.4. The third-order valence-electron chi connectivity index (χ3n) is 4.81. The molecule has 1 amide bonds. The van der Waals surface area contributed by atoms with Crippen LogP contribution < -0.4 is 5.32 Å². The second-order valence-electron chi connectivity index (χ2n) is 6.88. The molecule has 0 bridgehead atoms. The lowest BCUT2D eigenvalue weighted by Crippen LogP contribution is -2.50. The Morgan fingerprint density at radius 3 is 2.62 bits per heavy atom. The Kier molecular flexibility index (Phi) is 4.92. The van der Waals surface area contributed by atoms with Crippen LogP contribution in [0.5, 0.6) is 0 Å². The fraction of sp³-hybridized carbons (Fsp3) is 0.333. The number of benzene rings is 1. The van der Waals surface area contributed by atoms with E-state index in [2.05, 4.69) is 20.8 Å². The largest absolute Gasteiger partial charge is 0.360 e. The lowest BCUT2D eigenvalue weighted by molar-refractivity contribution is 0.0945. The van der Waals surface area contributed by atoms with Crippen LogP contribution in [0.2, 0.25) is 0 Å². The molecule has 0 aliphatic carbocycles. The number of aromatic nitrogens is 4. The zero-order valence-corrected chi connectivity index (χ0v) is 16.8. The molecular weight excluding hydrogens is 396 g/mol. The number of nitrogens with zero attached hydrogens (tertiary/aromatic N) is 5. The van der Waals surface area contributed by atoms with E-state index in [1.807, 2.05) is 30.3 Å². The van der Waals surface area contributed by atoms with Crippen molar-refractivity contribution in [3.8, 4) is 0 Å². The topological polar surface area (TPSA) is 123 Å². The monoisotopic (exact) mass is 416 g/mol. The van der Waals surface area contributed by atoms with Gasteiger partial charge in [0.05, 0.1) is 12.2 Å². The summed E-state index contributed by atoms with van der Waals surface area (Å²) in [7, 11) is -3.67. The molecule has 3 heterocycles. The van der Waals surface area contributed by atoms with Crippen LogP contribution in [0.3, 0.4) is 0 Å². The first-order valence-electron chi connectivity index (χ1n) is 9.03. The molecule has 0 unspecified atom stereocenters. The highest BCUT2D eigenvalue weighted by molar-refractivity contribution is 7.89. The number of hydrogen-bond acceptors (Lipinski definition) is 7. The van der Waals surface area contributed by atoms with Crippen LogP contribution in [0.1, 0.15) is 33.5 Å². The summed E-state index contributed by atoms with van der Waals surface area (Å²) < 4.78 is 33.3. The van der Waals surface area contributed by atoms with Gasteiger partial charge in [-0.2, -0.15) is 4.31 Å². The number of sulfonamides is 1. The predicted octanol–water partition coefficient (Wildman–Crippen LogP) is 1.06. The fourth-order valence-electron chi connectivity index (χ4n) is 3.18. The van der Waals surface area contributed by atoms with E-state index in [0.717, 1.165) is 5.56 Å². The summed E-state index contributed by atoms with van der Waals surface area (Å²) in [4.78, 5) is 12.4. The zero-order valence-electron chi connectivity index (χ0n) is 15.9. The third kappa shape index (κ3) is 3.66. The second kappa shape index (κ2) is 7.41. The first-order chi connectivity index (χ1) is 13.9. The van der Waals surface area contributed by atoms with Crippen molar-refractivity contribution in [2.75, 3.05) is 13.1 Å². The summed E-state index contributed by atoms with van der Waals surface area (Å²) in [6.07, 6.45) is 1.53. The van der Waals surface area contributed by atoms with Gasteiger partial charge in [0.2, 0.25) is 10.0 Å². The average molecular weight is 416 g/mol. The number of nitrogens with one attached hydrogen (secondary N) is 1. The Labute approximate surface area is 167 Å². The molecule has 3 aromatic rings. The Hall–Kier alpha value is -3.05. The molecule has 1 aromatic carbocycles. The van der Waals surface area contributed by atoms with Crippen molar-refractivity contribution in [2.24, 2.45) is 0 Å². The van der Waals surface area contributed by atoms with Crippen molar-refractivity contribution in [1.82, 2.24) is 29.8 Å². The molecule has 0 radical (unpaired) electrons. The van der Waals surface area contributed by atoms with Gasteiger partial charge in [-0.25, -0.2) is 13.1 Å². The van der Waals surface area contributed by atoms with E-state index < -0.39 is 10.0 Å². The van der Waals surface area contributed by atoms with E-state index in [1.54, 1.807) is 13.8 Å². The van der Waals surface area contributed by atoms with Gasteiger partial charge in [0.15, 0.2) is 11.5 Å². The van der Waals surface area contributed by atoms with Crippen molar-refractivity contribution in [2.45, 2.75) is 31.3 Å². The van der Waals surface area contributed by atoms with Gasteiger partial charge in [-0.1, -0.05) is 40.7 Å². The van der Waals surface area contributed by atoms with Gasteiger partial charge in [-0.05, 0) is 19.4 Å². The van der Waals surface area contributed by atoms with Crippen LogP contribution in [0.25, 0.3) is 0 Å². The summed E-state index contributed by atoms with van der Waals surface area (Å²) in [5.41, 5.74) is 1.50.